The van der Waals surface area contributed by atoms with Crippen LogP contribution in [0.25, 0.3) is 16.9 Å². The number of benzene rings is 2. The van der Waals surface area contributed by atoms with E-state index in [-0.39, 0.29) is 18.7 Å². The molecule has 0 N–H and O–H groups in total. The lowest BCUT2D eigenvalue weighted by molar-refractivity contribution is -0.384. The average molecular weight is 428 g/mol. The third kappa shape index (κ3) is 5.50. The zero-order chi connectivity index (χ0) is 22.4. The van der Waals surface area contributed by atoms with Crippen molar-refractivity contribution in [3.05, 3.63) is 76.5 Å². The standard InChI is InChI=1S/C22H22F2N4O3/c1-2-12-26(15-20(23)24)21(29)13-17-14-27(18-6-4-3-5-7-18)25-22(17)16-8-10-19(11-9-16)28(30)31/h3-11,14,20H,2,12-13,15H2,1H3. The summed E-state index contributed by atoms with van der Waals surface area (Å²) in [4.78, 5) is 24.4. The maximum atomic E-state index is 12.9. The van der Waals surface area contributed by atoms with Crippen LogP contribution in [-0.4, -0.2) is 45.0 Å². The highest BCUT2D eigenvalue weighted by molar-refractivity contribution is 5.81. The number of aromatic nitrogens is 2. The molecule has 1 heterocycles. The zero-order valence-corrected chi connectivity index (χ0v) is 16.9. The Morgan fingerprint density at radius 1 is 1.16 bits per heavy atom. The predicted molar refractivity (Wildman–Crippen MR) is 112 cm³/mol. The second-order valence-corrected chi connectivity index (χ2v) is 6.99. The van der Waals surface area contributed by atoms with E-state index in [2.05, 4.69) is 5.10 Å². The summed E-state index contributed by atoms with van der Waals surface area (Å²) in [6, 6.07) is 15.1. The van der Waals surface area contributed by atoms with Crippen molar-refractivity contribution in [1.29, 1.82) is 0 Å². The molecular formula is C22H22F2N4O3. The molecule has 0 spiro atoms. The van der Waals surface area contributed by atoms with Crippen LogP contribution in [0, 0.1) is 10.1 Å². The van der Waals surface area contributed by atoms with Gasteiger partial charge in [-0.05, 0) is 30.7 Å². The molecule has 9 heteroatoms. The number of non-ortho nitro benzene ring substituents is 1. The van der Waals surface area contributed by atoms with Gasteiger partial charge in [0.05, 0.1) is 29.3 Å². The second kappa shape index (κ2) is 9.92. The van der Waals surface area contributed by atoms with Gasteiger partial charge >= 0.3 is 0 Å². The molecule has 0 saturated carbocycles. The molecule has 162 valence electrons. The van der Waals surface area contributed by atoms with E-state index in [4.69, 9.17) is 0 Å². The molecule has 2 aromatic carbocycles. The molecule has 0 aliphatic rings. The Kier molecular flexibility index (Phi) is 7.07. The molecule has 0 atom stereocenters. The van der Waals surface area contributed by atoms with Gasteiger partial charge in [-0.2, -0.15) is 5.10 Å². The first kappa shape index (κ1) is 22.1. The first-order valence-corrected chi connectivity index (χ1v) is 9.83. The van der Waals surface area contributed by atoms with Gasteiger partial charge in [0, 0.05) is 36.0 Å². The summed E-state index contributed by atoms with van der Waals surface area (Å²) in [5, 5.41) is 15.5. The number of hydrogen-bond acceptors (Lipinski definition) is 4. The van der Waals surface area contributed by atoms with Crippen molar-refractivity contribution in [3.63, 3.8) is 0 Å². The van der Waals surface area contributed by atoms with Crippen molar-refractivity contribution in [2.75, 3.05) is 13.1 Å². The average Bonchev–Trinajstić information content (AvgIpc) is 3.17. The van der Waals surface area contributed by atoms with Crippen LogP contribution >= 0.6 is 0 Å². The Labute approximate surface area is 178 Å². The lowest BCUT2D eigenvalue weighted by atomic mass is 10.0. The van der Waals surface area contributed by atoms with Gasteiger partial charge < -0.3 is 4.90 Å². The Hall–Kier alpha value is -3.62. The van der Waals surface area contributed by atoms with Crippen molar-refractivity contribution < 1.29 is 18.5 Å². The molecule has 0 aliphatic heterocycles. The van der Waals surface area contributed by atoms with Crippen molar-refractivity contribution in [2.45, 2.75) is 26.2 Å². The minimum Gasteiger partial charge on any atom is -0.337 e. The van der Waals surface area contributed by atoms with Crippen LogP contribution in [-0.2, 0) is 11.2 Å². The molecule has 7 nitrogen and oxygen atoms in total. The van der Waals surface area contributed by atoms with Crippen molar-refractivity contribution in [1.82, 2.24) is 14.7 Å². The fraction of sp³-hybridized carbons (Fsp3) is 0.273. The molecular weight excluding hydrogens is 406 g/mol. The van der Waals surface area contributed by atoms with Gasteiger partial charge in [0.1, 0.15) is 0 Å². The number of nitrogens with zero attached hydrogens (tertiary/aromatic N) is 4. The number of amides is 1. The third-order valence-electron chi connectivity index (χ3n) is 4.71. The summed E-state index contributed by atoms with van der Waals surface area (Å²) >= 11 is 0. The number of alkyl halides is 2. The largest absolute Gasteiger partial charge is 0.337 e. The quantitative estimate of drug-likeness (QED) is 0.371. The van der Waals surface area contributed by atoms with Crippen molar-refractivity contribution in [3.8, 4) is 16.9 Å². The van der Waals surface area contributed by atoms with Crippen LogP contribution in [0.5, 0.6) is 0 Å². The Morgan fingerprint density at radius 3 is 2.42 bits per heavy atom. The summed E-state index contributed by atoms with van der Waals surface area (Å²) in [7, 11) is 0. The van der Waals surface area contributed by atoms with Gasteiger partial charge in [-0.1, -0.05) is 25.1 Å². The van der Waals surface area contributed by atoms with Crippen molar-refractivity contribution >= 4 is 11.6 Å². The Balaban J connectivity index is 1.98. The van der Waals surface area contributed by atoms with Gasteiger partial charge in [0.25, 0.3) is 12.1 Å². The number of carbonyl (C=O) groups excluding carboxylic acids is 1. The molecule has 31 heavy (non-hydrogen) atoms. The third-order valence-corrected chi connectivity index (χ3v) is 4.71. The maximum absolute atomic E-state index is 12.9. The topological polar surface area (TPSA) is 81.3 Å². The number of carbonyl (C=O) groups is 1. The summed E-state index contributed by atoms with van der Waals surface area (Å²) in [5.74, 6) is -0.419. The van der Waals surface area contributed by atoms with Gasteiger partial charge in [-0.3, -0.25) is 14.9 Å². The van der Waals surface area contributed by atoms with Crippen LogP contribution < -0.4 is 0 Å². The fourth-order valence-electron chi connectivity index (χ4n) is 3.27. The van der Waals surface area contributed by atoms with Gasteiger partial charge in [0.2, 0.25) is 5.91 Å². The normalized spacial score (nSPS) is 11.0. The van der Waals surface area contributed by atoms with E-state index in [0.717, 1.165) is 10.6 Å². The number of hydrogen-bond donors (Lipinski definition) is 0. The van der Waals surface area contributed by atoms with E-state index in [9.17, 15) is 23.7 Å². The molecule has 3 rings (SSSR count). The minimum absolute atomic E-state index is 0.0603. The van der Waals surface area contributed by atoms with E-state index >= 15 is 0 Å². The molecule has 0 aliphatic carbocycles. The van der Waals surface area contributed by atoms with Crippen LogP contribution in [0.15, 0.2) is 60.8 Å². The molecule has 1 aromatic heterocycles. The molecule has 0 radical (unpaired) electrons. The van der Waals surface area contributed by atoms with Gasteiger partial charge in [-0.25, -0.2) is 13.5 Å². The molecule has 0 bridgehead atoms. The van der Waals surface area contributed by atoms with Gasteiger partial charge in [0.15, 0.2) is 0 Å². The number of nitro benzene ring substituents is 1. The van der Waals surface area contributed by atoms with E-state index in [1.165, 1.54) is 12.1 Å². The SMILES string of the molecule is CCCN(CC(F)F)C(=O)Cc1cn(-c2ccccc2)nc1-c1ccc([N+](=O)[O-])cc1. The molecule has 0 fully saturated rings. The smallest absolute Gasteiger partial charge is 0.269 e. The number of rotatable bonds is 9. The fourth-order valence-corrected chi connectivity index (χ4v) is 3.27. The molecule has 0 unspecified atom stereocenters. The lowest BCUT2D eigenvalue weighted by Crippen LogP contribution is -2.36. The highest BCUT2D eigenvalue weighted by Crippen LogP contribution is 2.26. The van der Waals surface area contributed by atoms with E-state index in [0.29, 0.717) is 23.2 Å². The van der Waals surface area contributed by atoms with E-state index in [1.54, 1.807) is 23.0 Å². The highest BCUT2D eigenvalue weighted by atomic mass is 19.3. The Morgan fingerprint density at radius 2 is 1.84 bits per heavy atom. The second-order valence-electron chi connectivity index (χ2n) is 6.99. The monoisotopic (exact) mass is 428 g/mol. The zero-order valence-electron chi connectivity index (χ0n) is 16.9. The number of nitro groups is 1. The van der Waals surface area contributed by atoms with Crippen LogP contribution in [0.2, 0.25) is 0 Å². The minimum atomic E-state index is -2.61. The van der Waals surface area contributed by atoms with Gasteiger partial charge in [-0.15, -0.1) is 0 Å². The van der Waals surface area contributed by atoms with E-state index < -0.39 is 23.8 Å². The van der Waals surface area contributed by atoms with Crippen LogP contribution in [0.4, 0.5) is 14.5 Å². The Bertz CT molecular complexity index is 1040. The highest BCUT2D eigenvalue weighted by Gasteiger charge is 2.22. The molecule has 0 saturated heterocycles. The van der Waals surface area contributed by atoms with E-state index in [1.807, 2.05) is 37.3 Å². The summed E-state index contributed by atoms with van der Waals surface area (Å²) in [6.07, 6.45) is -0.462. The summed E-state index contributed by atoms with van der Waals surface area (Å²) < 4.78 is 27.4. The first-order chi connectivity index (χ1) is 14.9. The predicted octanol–water partition coefficient (Wildman–Crippen LogP) is 4.49. The van der Waals surface area contributed by atoms with Crippen LogP contribution in [0.3, 0.4) is 0 Å². The van der Waals surface area contributed by atoms with Crippen LogP contribution in [0.1, 0.15) is 18.9 Å². The molecule has 1 amide bonds. The summed E-state index contributed by atoms with van der Waals surface area (Å²) in [6.45, 7) is 1.44. The maximum Gasteiger partial charge on any atom is 0.269 e. The first-order valence-electron chi connectivity index (χ1n) is 9.83. The summed E-state index contributed by atoms with van der Waals surface area (Å²) in [5.41, 5.74) is 2.33. The number of para-hydroxylation sites is 1. The molecule has 3 aromatic rings. The van der Waals surface area contributed by atoms with Crippen molar-refractivity contribution in [2.24, 2.45) is 0 Å². The lowest BCUT2D eigenvalue weighted by Gasteiger charge is -2.21. The number of halogens is 2.